The molecule has 1 unspecified atom stereocenters. The van der Waals surface area contributed by atoms with Crippen molar-refractivity contribution in [2.24, 2.45) is 5.92 Å². The van der Waals surface area contributed by atoms with Crippen molar-refractivity contribution in [3.05, 3.63) is 0 Å². The molecule has 0 fully saturated rings. The first-order valence-electron chi connectivity index (χ1n) is 6.59. The monoisotopic (exact) mass is 323 g/mol. The quantitative estimate of drug-likeness (QED) is 0.564. The number of carboxylic acids is 2. The van der Waals surface area contributed by atoms with Gasteiger partial charge in [0.05, 0.1) is 5.92 Å². The summed E-state index contributed by atoms with van der Waals surface area (Å²) >= 11 is 0. The van der Waals surface area contributed by atoms with E-state index >= 15 is 0 Å². The number of nitrogens with zero attached hydrogens (tertiary/aromatic N) is 1. The predicted molar refractivity (Wildman–Crippen MR) is 76.6 cm³/mol. The molecule has 0 aromatic carbocycles. The van der Waals surface area contributed by atoms with E-state index in [1.807, 2.05) is 0 Å². The second-order valence-electron chi connectivity index (χ2n) is 4.58. The molecular formula is C12H25NO7Si. The van der Waals surface area contributed by atoms with Gasteiger partial charge < -0.3 is 23.5 Å². The van der Waals surface area contributed by atoms with E-state index in [1.165, 1.54) is 32.9 Å². The van der Waals surface area contributed by atoms with E-state index in [1.54, 1.807) is 13.8 Å². The van der Waals surface area contributed by atoms with E-state index in [-0.39, 0.29) is 12.8 Å². The molecule has 0 aromatic heterocycles. The maximum Gasteiger partial charge on any atom is 0.599 e. The average Bonchev–Trinajstić information content (AvgIpc) is 2.46. The molecule has 124 valence electrons. The third-order valence-electron chi connectivity index (χ3n) is 3.98. The van der Waals surface area contributed by atoms with Gasteiger partial charge in [-0.1, -0.05) is 13.8 Å². The van der Waals surface area contributed by atoms with Crippen molar-refractivity contribution in [2.45, 2.75) is 32.2 Å². The van der Waals surface area contributed by atoms with E-state index in [2.05, 4.69) is 0 Å². The Bertz CT molecular complexity index is 366. The van der Waals surface area contributed by atoms with Crippen LogP contribution in [-0.2, 0) is 22.9 Å². The summed E-state index contributed by atoms with van der Waals surface area (Å²) in [5.74, 6) is -3.55. The normalized spacial score (nSPS) is 16.5. The van der Waals surface area contributed by atoms with Gasteiger partial charge >= 0.3 is 20.9 Å². The Balaban J connectivity index is 6.15. The Morgan fingerprint density at radius 1 is 1.14 bits per heavy atom. The van der Waals surface area contributed by atoms with E-state index in [4.69, 9.17) is 13.3 Å². The minimum atomic E-state index is -3.48. The van der Waals surface area contributed by atoms with Crippen molar-refractivity contribution >= 4 is 20.9 Å². The highest BCUT2D eigenvalue weighted by Crippen LogP contribution is 2.35. The molecule has 0 aliphatic carbocycles. The minimum Gasteiger partial charge on any atom is -0.481 e. The van der Waals surface area contributed by atoms with E-state index in [0.717, 1.165) is 0 Å². The van der Waals surface area contributed by atoms with Crippen LogP contribution in [0, 0.1) is 5.92 Å². The molecule has 0 saturated heterocycles. The zero-order valence-electron chi connectivity index (χ0n) is 13.4. The van der Waals surface area contributed by atoms with Crippen molar-refractivity contribution in [1.29, 1.82) is 0 Å². The number of likely N-dealkylation sites (N-methyl/N-ethyl adjacent to an activating group) is 1. The van der Waals surface area contributed by atoms with Crippen molar-refractivity contribution in [2.75, 3.05) is 28.4 Å². The fourth-order valence-corrected chi connectivity index (χ4v) is 5.00. The van der Waals surface area contributed by atoms with Crippen LogP contribution < -0.4 is 0 Å². The largest absolute Gasteiger partial charge is 0.599 e. The highest BCUT2D eigenvalue weighted by molar-refractivity contribution is 6.58. The van der Waals surface area contributed by atoms with Crippen LogP contribution in [-0.4, -0.2) is 69.6 Å². The standard InChI is InChI=1S/C12H25NO7Si/c1-7-9(10(14)15)12(8-2,11(16)17)13(3)21(18-4,19-5)20-6/h9H,7-8H2,1-6H3,(H,14,15)(H,16,17)/t9?,12-/m0/s1. The van der Waals surface area contributed by atoms with Gasteiger partial charge in [0.25, 0.3) is 0 Å². The second-order valence-corrected chi connectivity index (χ2v) is 7.52. The van der Waals surface area contributed by atoms with E-state index < -0.39 is 32.4 Å². The summed E-state index contributed by atoms with van der Waals surface area (Å²) in [7, 11) is 2.03. The van der Waals surface area contributed by atoms with Crippen molar-refractivity contribution in [1.82, 2.24) is 4.57 Å². The van der Waals surface area contributed by atoms with Crippen LogP contribution >= 0.6 is 0 Å². The Hall–Kier alpha value is -1.00. The second kappa shape index (κ2) is 7.85. The van der Waals surface area contributed by atoms with Crippen LogP contribution in [0.25, 0.3) is 0 Å². The zero-order valence-corrected chi connectivity index (χ0v) is 14.4. The van der Waals surface area contributed by atoms with Gasteiger partial charge in [0.15, 0.2) is 0 Å². The summed E-state index contributed by atoms with van der Waals surface area (Å²) in [5.41, 5.74) is -1.69. The topological polar surface area (TPSA) is 106 Å². The van der Waals surface area contributed by atoms with Crippen LogP contribution in [0.15, 0.2) is 0 Å². The van der Waals surface area contributed by atoms with Crippen LogP contribution in [0.4, 0.5) is 0 Å². The molecule has 0 saturated carbocycles. The molecular weight excluding hydrogens is 298 g/mol. The lowest BCUT2D eigenvalue weighted by atomic mass is 9.80. The zero-order chi connectivity index (χ0) is 16.8. The molecule has 0 heterocycles. The molecule has 21 heavy (non-hydrogen) atoms. The molecule has 0 bridgehead atoms. The highest BCUT2D eigenvalue weighted by atomic mass is 28.4. The van der Waals surface area contributed by atoms with Gasteiger partial charge in [-0.05, 0) is 19.9 Å². The van der Waals surface area contributed by atoms with Crippen molar-refractivity contribution in [3.8, 4) is 0 Å². The minimum absolute atomic E-state index is 0.0640. The molecule has 9 heteroatoms. The maximum absolute atomic E-state index is 11.9. The van der Waals surface area contributed by atoms with Crippen LogP contribution in [0.2, 0.25) is 0 Å². The summed E-state index contributed by atoms with van der Waals surface area (Å²) in [6.45, 7) is 3.26. The Morgan fingerprint density at radius 2 is 1.57 bits per heavy atom. The molecule has 0 amide bonds. The summed E-state index contributed by atoms with van der Waals surface area (Å²) in [5, 5.41) is 19.2. The third kappa shape index (κ3) is 3.27. The molecule has 0 aromatic rings. The van der Waals surface area contributed by atoms with Gasteiger partial charge in [-0.15, -0.1) is 0 Å². The molecule has 0 aliphatic heterocycles. The van der Waals surface area contributed by atoms with E-state index in [0.29, 0.717) is 0 Å². The maximum atomic E-state index is 11.9. The number of rotatable bonds is 10. The van der Waals surface area contributed by atoms with Gasteiger partial charge in [0.2, 0.25) is 0 Å². The lowest BCUT2D eigenvalue weighted by Gasteiger charge is -2.46. The fourth-order valence-electron chi connectivity index (χ4n) is 2.78. The SMILES string of the molecule is CCC(C(=O)O)[C@@](CC)(C(=O)O)N(C)[Si](OC)(OC)OC. The molecule has 0 spiro atoms. The molecule has 2 atom stereocenters. The number of carboxylic acid groups (broad SMARTS) is 2. The number of aliphatic carboxylic acids is 2. The molecule has 2 N–H and O–H groups in total. The van der Waals surface area contributed by atoms with Gasteiger partial charge in [-0.2, -0.15) is 0 Å². The first-order valence-corrected chi connectivity index (χ1v) is 8.26. The molecule has 0 rings (SSSR count). The molecule has 0 radical (unpaired) electrons. The van der Waals surface area contributed by atoms with Gasteiger partial charge in [-0.25, -0.2) is 4.57 Å². The summed E-state index contributed by atoms with van der Waals surface area (Å²) in [6, 6.07) is 0. The van der Waals surface area contributed by atoms with Crippen molar-refractivity contribution < 1.29 is 33.1 Å². The number of hydrogen-bond acceptors (Lipinski definition) is 6. The third-order valence-corrected chi connectivity index (χ3v) is 6.74. The van der Waals surface area contributed by atoms with E-state index in [9.17, 15) is 19.8 Å². The number of hydrogen-bond donors (Lipinski definition) is 2. The summed E-state index contributed by atoms with van der Waals surface area (Å²) in [4.78, 5) is 23.5. The average molecular weight is 323 g/mol. The fraction of sp³-hybridized carbons (Fsp3) is 0.833. The van der Waals surface area contributed by atoms with Gasteiger partial charge in [0.1, 0.15) is 5.54 Å². The smallest absolute Gasteiger partial charge is 0.481 e. The first kappa shape index (κ1) is 20.0. The Morgan fingerprint density at radius 3 is 1.76 bits per heavy atom. The molecule has 8 nitrogen and oxygen atoms in total. The lowest BCUT2D eigenvalue weighted by Crippen LogP contribution is -2.71. The highest BCUT2D eigenvalue weighted by Gasteiger charge is 2.61. The summed E-state index contributed by atoms with van der Waals surface area (Å²) < 4.78 is 17.2. The Labute approximate surface area is 126 Å². The first-order chi connectivity index (χ1) is 9.73. The van der Waals surface area contributed by atoms with Gasteiger partial charge in [0, 0.05) is 21.3 Å². The predicted octanol–water partition coefficient (Wildman–Crippen LogP) is 0.637. The van der Waals surface area contributed by atoms with Crippen LogP contribution in [0.1, 0.15) is 26.7 Å². The van der Waals surface area contributed by atoms with Crippen LogP contribution in [0.3, 0.4) is 0 Å². The lowest BCUT2D eigenvalue weighted by molar-refractivity contribution is -0.165. The van der Waals surface area contributed by atoms with Crippen molar-refractivity contribution in [3.63, 3.8) is 0 Å². The molecule has 0 aliphatic rings. The van der Waals surface area contributed by atoms with Crippen LogP contribution in [0.5, 0.6) is 0 Å². The number of carbonyl (C=O) groups is 2. The van der Waals surface area contributed by atoms with Gasteiger partial charge in [-0.3, -0.25) is 9.59 Å². The summed E-state index contributed by atoms with van der Waals surface area (Å²) in [6.07, 6.45) is 0.218. The Kier molecular flexibility index (Phi) is 7.47.